The second-order valence-electron chi connectivity index (χ2n) is 26.4. The number of hydrogen-bond acceptors (Lipinski definition) is 4. The molecule has 1 rings (SSSR count). The van der Waals surface area contributed by atoms with Crippen molar-refractivity contribution in [3.8, 4) is 0 Å². The molecule has 0 aromatic heterocycles. The Kier molecular flexibility index (Phi) is 57.4. The molecule has 81 heavy (non-hydrogen) atoms. The second kappa shape index (κ2) is 60.1. The van der Waals surface area contributed by atoms with Crippen molar-refractivity contribution in [3.63, 3.8) is 0 Å². The highest BCUT2D eigenvalue weighted by atomic mass is 16.2. The minimum Gasteiger partial charge on any atom is -0.356 e. The summed E-state index contributed by atoms with van der Waals surface area (Å²) in [5, 5.41) is 3.24. The van der Waals surface area contributed by atoms with Gasteiger partial charge in [-0.25, -0.2) is 0 Å². The van der Waals surface area contributed by atoms with Crippen molar-refractivity contribution < 1.29 is 14.4 Å². The van der Waals surface area contributed by atoms with Gasteiger partial charge in [-0.3, -0.25) is 19.3 Å². The molecule has 0 radical (unpaired) electrons. The fraction of sp³-hybridized carbons (Fsp3) is 0.959. The van der Waals surface area contributed by atoms with Crippen LogP contribution in [0.4, 0.5) is 0 Å². The molecule has 1 N–H and O–H groups in total. The molecule has 7 heteroatoms. The smallest absolute Gasteiger partial charge is 0.222 e. The molecule has 0 saturated carbocycles. The van der Waals surface area contributed by atoms with Crippen molar-refractivity contribution >= 4 is 17.7 Å². The minimum atomic E-state index is 0.252. The lowest BCUT2D eigenvalue weighted by atomic mass is 9.75. The zero-order chi connectivity index (χ0) is 58.6. The molecular formula is C74H146N4O3. The molecule has 0 aromatic rings. The summed E-state index contributed by atoms with van der Waals surface area (Å²) in [7, 11) is 0. The molecule has 0 bridgehead atoms. The van der Waals surface area contributed by atoms with Gasteiger partial charge in [-0.2, -0.15) is 0 Å². The highest BCUT2D eigenvalue weighted by Gasteiger charge is 2.42. The standard InChI is InChI=1S/C74H146N4O3/c1-6-11-16-21-26-31-41-52-64-75-71(79)58-49-51-62-74(61-50-40-36-38-47-59-72(80)76(65-53-42-32-27-22-17-12-7-2)66-54-43-33-28-23-18-13-8-3)63-70-78(74)69-57-46-37-39-48-60-73(81)77(67-55-44-34-29-24-19-14-9-4)68-56-45-35-30-25-20-15-10-5/h6-70H2,1-5H3,(H,75,79). The van der Waals surface area contributed by atoms with Crippen LogP contribution in [0.5, 0.6) is 0 Å². The van der Waals surface area contributed by atoms with Crippen LogP contribution in [-0.2, 0) is 14.4 Å². The minimum absolute atomic E-state index is 0.252. The van der Waals surface area contributed by atoms with Gasteiger partial charge in [0.1, 0.15) is 0 Å². The number of rotatable bonds is 66. The highest BCUT2D eigenvalue weighted by Crippen LogP contribution is 2.40. The fourth-order valence-electron chi connectivity index (χ4n) is 13.1. The van der Waals surface area contributed by atoms with E-state index in [4.69, 9.17) is 0 Å². The topological polar surface area (TPSA) is 73.0 Å². The maximum absolute atomic E-state index is 13.7. The molecule has 1 aliphatic rings. The van der Waals surface area contributed by atoms with Crippen LogP contribution < -0.4 is 5.32 Å². The third-order valence-corrected chi connectivity index (χ3v) is 18.8. The summed E-state index contributed by atoms with van der Waals surface area (Å²) < 4.78 is 0. The van der Waals surface area contributed by atoms with Gasteiger partial charge in [-0.1, -0.05) is 311 Å². The van der Waals surface area contributed by atoms with Gasteiger partial charge in [-0.15, -0.1) is 0 Å². The van der Waals surface area contributed by atoms with Crippen molar-refractivity contribution in [2.75, 3.05) is 45.8 Å². The lowest BCUT2D eigenvalue weighted by Gasteiger charge is -2.54. The molecule has 1 fully saturated rings. The summed E-state index contributed by atoms with van der Waals surface area (Å²) in [6.45, 7) is 18.6. The zero-order valence-electron chi connectivity index (χ0n) is 56.0. The molecule has 480 valence electrons. The first-order valence-corrected chi connectivity index (χ1v) is 37.4. The van der Waals surface area contributed by atoms with E-state index in [1.165, 1.54) is 334 Å². The summed E-state index contributed by atoms with van der Waals surface area (Å²) >= 11 is 0. The first-order valence-electron chi connectivity index (χ1n) is 37.4. The van der Waals surface area contributed by atoms with Crippen molar-refractivity contribution in [1.82, 2.24) is 20.0 Å². The predicted molar refractivity (Wildman–Crippen MR) is 357 cm³/mol. The van der Waals surface area contributed by atoms with Gasteiger partial charge in [0.15, 0.2) is 0 Å². The maximum atomic E-state index is 13.7. The first kappa shape index (κ1) is 77.4. The number of hydrogen-bond donors (Lipinski definition) is 1. The number of unbranched alkanes of at least 4 members (excludes halogenated alkanes) is 44. The van der Waals surface area contributed by atoms with Crippen molar-refractivity contribution in [2.45, 2.75) is 413 Å². The van der Waals surface area contributed by atoms with E-state index in [1.54, 1.807) is 0 Å². The molecular weight excluding hydrogens is 993 g/mol. The molecule has 0 aromatic carbocycles. The predicted octanol–water partition coefficient (Wildman–Crippen LogP) is 22.5. The monoisotopic (exact) mass is 1140 g/mol. The SMILES string of the molecule is CCCCCCCCCCNC(=O)CCCCC1(CCCCCCCC(=O)N(CCCCCCCCCC)CCCCCCCCCC)CCN1CCCCCCCC(=O)N(CCCCCCCCCC)CCCCCCCCCC. The average Bonchev–Trinajstić information content (AvgIpc) is 3.56. The van der Waals surface area contributed by atoms with Crippen LogP contribution >= 0.6 is 0 Å². The van der Waals surface area contributed by atoms with Gasteiger partial charge < -0.3 is 15.1 Å². The summed E-state index contributed by atoms with van der Waals surface area (Å²) in [5.74, 6) is 1.09. The van der Waals surface area contributed by atoms with E-state index in [9.17, 15) is 14.4 Å². The van der Waals surface area contributed by atoms with E-state index in [-0.39, 0.29) is 5.91 Å². The molecule has 1 unspecified atom stereocenters. The Balaban J connectivity index is 2.67. The molecule has 3 amide bonds. The van der Waals surface area contributed by atoms with Gasteiger partial charge in [0.05, 0.1) is 0 Å². The Hall–Kier alpha value is -1.63. The quantitative estimate of drug-likeness (QED) is 0.0616. The van der Waals surface area contributed by atoms with Crippen LogP contribution in [0.15, 0.2) is 0 Å². The van der Waals surface area contributed by atoms with Crippen molar-refractivity contribution in [1.29, 1.82) is 0 Å². The third-order valence-electron chi connectivity index (χ3n) is 18.8. The molecule has 0 spiro atoms. The van der Waals surface area contributed by atoms with Crippen LogP contribution in [0, 0.1) is 0 Å². The Labute approximate surface area is 508 Å². The van der Waals surface area contributed by atoms with Crippen LogP contribution in [0.25, 0.3) is 0 Å². The van der Waals surface area contributed by atoms with E-state index < -0.39 is 0 Å². The third kappa shape index (κ3) is 47.2. The number of carbonyl (C=O) groups is 3. The fourth-order valence-corrected chi connectivity index (χ4v) is 13.1. The van der Waals surface area contributed by atoms with Gasteiger partial charge >= 0.3 is 0 Å². The Morgan fingerprint density at radius 2 is 0.593 bits per heavy atom. The van der Waals surface area contributed by atoms with E-state index in [0.29, 0.717) is 23.8 Å². The zero-order valence-corrected chi connectivity index (χ0v) is 56.0. The van der Waals surface area contributed by atoms with Crippen LogP contribution in [0.1, 0.15) is 407 Å². The van der Waals surface area contributed by atoms with Crippen molar-refractivity contribution in [3.05, 3.63) is 0 Å². The Bertz CT molecular complexity index is 1300. The largest absolute Gasteiger partial charge is 0.356 e. The summed E-state index contributed by atoms with van der Waals surface area (Å²) in [4.78, 5) is 47.5. The molecule has 1 heterocycles. The van der Waals surface area contributed by atoms with Crippen LogP contribution in [-0.4, -0.2) is 83.8 Å². The molecule has 7 nitrogen and oxygen atoms in total. The summed E-state index contributed by atoms with van der Waals surface area (Å²) in [6.07, 6.45) is 72.5. The van der Waals surface area contributed by atoms with E-state index in [0.717, 1.165) is 77.7 Å². The number of amides is 3. The molecule has 0 aliphatic carbocycles. The van der Waals surface area contributed by atoms with Gasteiger partial charge in [0, 0.05) is 64.1 Å². The van der Waals surface area contributed by atoms with Gasteiger partial charge in [0.2, 0.25) is 17.7 Å². The summed E-state index contributed by atoms with van der Waals surface area (Å²) in [5.41, 5.74) is 0.301. The Morgan fingerprint density at radius 1 is 0.321 bits per heavy atom. The first-order chi connectivity index (χ1) is 39.9. The lowest BCUT2D eigenvalue weighted by Crippen LogP contribution is -2.59. The maximum Gasteiger partial charge on any atom is 0.222 e. The van der Waals surface area contributed by atoms with Gasteiger partial charge in [-0.05, 0) is 83.6 Å². The normalized spacial score (nSPS) is 14.4. The van der Waals surface area contributed by atoms with E-state index in [2.05, 4.69) is 54.6 Å². The lowest BCUT2D eigenvalue weighted by molar-refractivity contribution is -0.132. The van der Waals surface area contributed by atoms with Crippen LogP contribution in [0.3, 0.4) is 0 Å². The number of carbonyl (C=O) groups excluding carboxylic acids is 3. The second-order valence-corrected chi connectivity index (χ2v) is 26.4. The van der Waals surface area contributed by atoms with E-state index >= 15 is 0 Å². The average molecular weight is 1140 g/mol. The van der Waals surface area contributed by atoms with E-state index in [1.807, 2.05) is 0 Å². The molecule has 1 aliphatic heterocycles. The highest BCUT2D eigenvalue weighted by molar-refractivity contribution is 5.76. The Morgan fingerprint density at radius 3 is 0.926 bits per heavy atom. The summed E-state index contributed by atoms with van der Waals surface area (Å²) in [6, 6.07) is 0. The molecule has 1 saturated heterocycles. The molecule has 1 atom stereocenters. The number of nitrogens with one attached hydrogen (secondary N) is 1. The van der Waals surface area contributed by atoms with Crippen LogP contribution in [0.2, 0.25) is 0 Å². The number of likely N-dealkylation sites (tertiary alicyclic amines) is 1. The van der Waals surface area contributed by atoms with Crippen molar-refractivity contribution in [2.24, 2.45) is 0 Å². The van der Waals surface area contributed by atoms with Gasteiger partial charge in [0.25, 0.3) is 0 Å². The number of nitrogens with zero attached hydrogens (tertiary/aromatic N) is 3.